The van der Waals surface area contributed by atoms with E-state index in [4.69, 9.17) is 66.0 Å². The maximum atomic E-state index is 11.7. The van der Waals surface area contributed by atoms with Crippen LogP contribution in [0.2, 0.25) is 5.04 Å². The van der Waals surface area contributed by atoms with Gasteiger partial charge in [-0.15, -0.1) is 0 Å². The van der Waals surface area contributed by atoms with Crippen molar-refractivity contribution in [3.05, 3.63) is 96.6 Å². The molecule has 3 rings (SSSR count). The van der Waals surface area contributed by atoms with E-state index in [9.17, 15) is 4.79 Å². The van der Waals surface area contributed by atoms with Crippen LogP contribution in [-0.2, 0) is 72.6 Å². The second-order valence-electron chi connectivity index (χ2n) is 15.8. The van der Waals surface area contributed by atoms with Crippen LogP contribution in [0.25, 0.3) is 0 Å². The molecule has 67 heavy (non-hydrogen) atoms. The Morgan fingerprint density at radius 1 is 0.388 bits per heavy atom. The van der Waals surface area contributed by atoms with Crippen molar-refractivity contribution in [2.24, 2.45) is 0 Å². The second kappa shape index (κ2) is 39.5. The molecule has 1 N–H and O–H groups in total. The highest BCUT2D eigenvalue weighted by atomic mass is 28.4. The van der Waals surface area contributed by atoms with Crippen molar-refractivity contribution in [1.29, 1.82) is 0 Å². The van der Waals surface area contributed by atoms with E-state index in [2.05, 4.69) is 86.8 Å². The monoisotopic (exact) mass is 962 g/mol. The van der Waals surface area contributed by atoms with Crippen molar-refractivity contribution in [2.45, 2.75) is 32.4 Å². The van der Waals surface area contributed by atoms with E-state index in [0.717, 1.165) is 5.56 Å². The highest BCUT2D eigenvalue weighted by molar-refractivity contribution is 6.99. The van der Waals surface area contributed by atoms with Crippen molar-refractivity contribution in [1.82, 2.24) is 5.32 Å². The first-order chi connectivity index (χ1) is 32.9. The number of carbonyl (C=O) groups is 1. The number of hydrogen-bond donors (Lipinski definition) is 1. The molecule has 3 aromatic carbocycles. The standard InChI is InChI=1S/C50H79NO15Si/c1-50(2,3)67(47-15-9-5-10-16-47,48-17-11-6-12-18-48)66-44-43-64-42-41-63-40-39-62-38-37-61-36-35-60-34-33-59-32-31-58-30-29-57-28-27-56-26-25-55-24-23-54-22-21-53-20-19-51-49(52)65-45-46-13-7-4-8-14-46/h4-18H,19-45H2,1-3H3,(H,51,52). The molecule has 0 spiro atoms. The third-order valence-electron chi connectivity index (χ3n) is 9.78. The molecular weight excluding hydrogens is 883 g/mol. The molecular formula is C50H79NO15Si. The molecule has 0 heterocycles. The molecule has 0 aliphatic carbocycles. The molecule has 0 aliphatic rings. The average Bonchev–Trinajstić information content (AvgIpc) is 3.34. The molecule has 0 atom stereocenters. The smallest absolute Gasteiger partial charge is 0.407 e. The molecule has 0 aliphatic heterocycles. The summed E-state index contributed by atoms with van der Waals surface area (Å²) in [6.45, 7) is 19.4. The molecule has 0 bridgehead atoms. The molecule has 0 aromatic heterocycles. The topological polar surface area (TPSA) is 158 Å². The fraction of sp³-hybridized carbons (Fsp3) is 0.620. The third-order valence-corrected chi connectivity index (χ3v) is 14.8. The Balaban J connectivity index is 0.948. The van der Waals surface area contributed by atoms with Gasteiger partial charge in [0.15, 0.2) is 0 Å². The maximum Gasteiger partial charge on any atom is 0.407 e. The van der Waals surface area contributed by atoms with Crippen LogP contribution < -0.4 is 15.7 Å². The maximum absolute atomic E-state index is 11.7. The van der Waals surface area contributed by atoms with Gasteiger partial charge in [-0.1, -0.05) is 112 Å². The predicted molar refractivity (Wildman–Crippen MR) is 258 cm³/mol. The molecule has 0 saturated heterocycles. The molecule has 0 fully saturated rings. The summed E-state index contributed by atoms with van der Waals surface area (Å²) in [5.74, 6) is 0. The highest BCUT2D eigenvalue weighted by Gasteiger charge is 2.50. The zero-order chi connectivity index (χ0) is 47.6. The molecule has 0 radical (unpaired) electrons. The Kier molecular flexibility index (Phi) is 34.1. The van der Waals surface area contributed by atoms with Crippen molar-refractivity contribution in [3.63, 3.8) is 0 Å². The zero-order valence-corrected chi connectivity index (χ0v) is 41.4. The summed E-state index contributed by atoms with van der Waals surface area (Å²) in [4.78, 5) is 11.7. The number of amides is 1. The Bertz CT molecular complexity index is 1520. The average molecular weight is 962 g/mol. The van der Waals surface area contributed by atoms with E-state index in [-0.39, 0.29) is 11.6 Å². The molecule has 378 valence electrons. The van der Waals surface area contributed by atoms with Crippen LogP contribution in [0.15, 0.2) is 91.0 Å². The second-order valence-corrected chi connectivity index (χ2v) is 20.2. The van der Waals surface area contributed by atoms with Crippen LogP contribution in [0.1, 0.15) is 26.3 Å². The van der Waals surface area contributed by atoms with Crippen molar-refractivity contribution in [2.75, 3.05) is 172 Å². The lowest BCUT2D eigenvalue weighted by Crippen LogP contribution is -2.66. The predicted octanol–water partition coefficient (Wildman–Crippen LogP) is 4.69. The zero-order valence-electron chi connectivity index (χ0n) is 40.4. The Morgan fingerprint density at radius 3 is 0.955 bits per heavy atom. The lowest BCUT2D eigenvalue weighted by Gasteiger charge is -2.43. The van der Waals surface area contributed by atoms with Gasteiger partial charge in [-0.3, -0.25) is 0 Å². The normalized spacial score (nSPS) is 11.9. The van der Waals surface area contributed by atoms with Gasteiger partial charge in [-0.05, 0) is 21.0 Å². The summed E-state index contributed by atoms with van der Waals surface area (Å²) in [5, 5.41) is 5.11. The van der Waals surface area contributed by atoms with Gasteiger partial charge < -0.3 is 71.3 Å². The Hall–Kier alpha value is -3.37. The van der Waals surface area contributed by atoms with E-state index in [1.807, 2.05) is 30.3 Å². The van der Waals surface area contributed by atoms with Gasteiger partial charge in [0.1, 0.15) is 6.61 Å². The van der Waals surface area contributed by atoms with E-state index in [1.54, 1.807) is 0 Å². The molecule has 3 aromatic rings. The Labute approximate surface area is 400 Å². The quantitative estimate of drug-likeness (QED) is 0.0615. The first kappa shape index (κ1) is 57.9. The number of ether oxygens (including phenoxy) is 13. The summed E-state index contributed by atoms with van der Waals surface area (Å²) in [6, 6.07) is 30.8. The fourth-order valence-electron chi connectivity index (χ4n) is 6.54. The number of alkyl carbamates (subject to hydrolysis) is 1. The largest absolute Gasteiger partial charge is 0.445 e. The summed E-state index contributed by atoms with van der Waals surface area (Å²) in [7, 11) is -2.55. The minimum Gasteiger partial charge on any atom is -0.445 e. The lowest BCUT2D eigenvalue weighted by molar-refractivity contribution is -0.0285. The van der Waals surface area contributed by atoms with Gasteiger partial charge in [0.25, 0.3) is 8.32 Å². The number of carbonyl (C=O) groups excluding carboxylic acids is 1. The van der Waals surface area contributed by atoms with Crippen LogP contribution >= 0.6 is 0 Å². The lowest BCUT2D eigenvalue weighted by atomic mass is 10.2. The van der Waals surface area contributed by atoms with Crippen molar-refractivity contribution in [3.8, 4) is 0 Å². The third kappa shape index (κ3) is 28.0. The summed E-state index contributed by atoms with van der Waals surface area (Å²) in [6.07, 6.45) is -0.472. The number of hydrogen-bond acceptors (Lipinski definition) is 15. The van der Waals surface area contributed by atoms with E-state index in [0.29, 0.717) is 172 Å². The number of benzene rings is 3. The van der Waals surface area contributed by atoms with Gasteiger partial charge in [0.05, 0.1) is 165 Å². The molecule has 0 unspecified atom stereocenters. The highest BCUT2D eigenvalue weighted by Crippen LogP contribution is 2.36. The first-order valence-electron chi connectivity index (χ1n) is 23.6. The van der Waals surface area contributed by atoms with Gasteiger partial charge in [0, 0.05) is 6.54 Å². The van der Waals surface area contributed by atoms with Gasteiger partial charge in [0.2, 0.25) is 0 Å². The van der Waals surface area contributed by atoms with E-state index >= 15 is 0 Å². The van der Waals surface area contributed by atoms with Gasteiger partial charge >= 0.3 is 6.09 Å². The van der Waals surface area contributed by atoms with Crippen LogP contribution in [-0.4, -0.2) is 186 Å². The summed E-state index contributed by atoms with van der Waals surface area (Å²) >= 11 is 0. The van der Waals surface area contributed by atoms with Gasteiger partial charge in [-0.2, -0.15) is 0 Å². The van der Waals surface area contributed by atoms with Gasteiger partial charge in [-0.25, -0.2) is 4.79 Å². The first-order valence-corrected chi connectivity index (χ1v) is 25.5. The number of nitrogens with one attached hydrogen (secondary N) is 1. The van der Waals surface area contributed by atoms with E-state index in [1.165, 1.54) is 10.4 Å². The van der Waals surface area contributed by atoms with Crippen molar-refractivity contribution >= 4 is 24.8 Å². The minimum atomic E-state index is -2.55. The van der Waals surface area contributed by atoms with Crippen molar-refractivity contribution < 1.29 is 70.8 Å². The minimum absolute atomic E-state index is 0.0642. The van der Waals surface area contributed by atoms with Crippen LogP contribution in [0, 0.1) is 0 Å². The van der Waals surface area contributed by atoms with Crippen LogP contribution in [0.4, 0.5) is 4.79 Å². The summed E-state index contributed by atoms with van der Waals surface area (Å²) in [5.41, 5.74) is 0.935. The number of rotatable bonds is 44. The summed E-state index contributed by atoms with van der Waals surface area (Å²) < 4.78 is 78.7. The molecule has 16 nitrogen and oxygen atoms in total. The van der Waals surface area contributed by atoms with E-state index < -0.39 is 14.4 Å². The van der Waals surface area contributed by atoms with Crippen LogP contribution in [0.3, 0.4) is 0 Å². The molecule has 0 saturated carbocycles. The van der Waals surface area contributed by atoms with Crippen LogP contribution in [0.5, 0.6) is 0 Å². The molecule has 1 amide bonds. The fourth-order valence-corrected chi connectivity index (χ4v) is 11.1. The Morgan fingerprint density at radius 2 is 0.657 bits per heavy atom. The molecule has 17 heteroatoms. The SMILES string of the molecule is CC(C)(C)[Si](OCCOCCOCCOCCOCCOCCOCCOCCOCCOCCOCCOCCOCCNC(=O)OCc1ccccc1)(c1ccccc1)c1ccccc1.